The van der Waals surface area contributed by atoms with E-state index in [9.17, 15) is 0 Å². The molecule has 24 heavy (non-hydrogen) atoms. The van der Waals surface area contributed by atoms with Gasteiger partial charge in [-0.2, -0.15) is 5.06 Å². The van der Waals surface area contributed by atoms with Gasteiger partial charge in [0.05, 0.1) is 12.6 Å². The van der Waals surface area contributed by atoms with Gasteiger partial charge >= 0.3 is 0 Å². The van der Waals surface area contributed by atoms with Crippen molar-refractivity contribution in [2.75, 3.05) is 0 Å². The first-order chi connectivity index (χ1) is 11.9. The molecule has 0 amide bonds. The largest absolute Gasteiger partial charge is 0.347 e. The van der Waals surface area contributed by atoms with E-state index in [1.54, 1.807) is 0 Å². The lowest BCUT2D eigenvalue weighted by molar-refractivity contribution is -0.167. The Kier molecular flexibility index (Phi) is 3.28. The maximum Gasteiger partial charge on any atom is 0.106 e. The number of hydroxylamine groups is 2. The van der Waals surface area contributed by atoms with Gasteiger partial charge in [0, 0.05) is 24.4 Å². The SMILES string of the molecule is c1ccc(CN2O[C@@H]3Cn4cccc4[C@@H]2[C@@H]3c2ccccc2)cc1. The number of benzene rings is 2. The van der Waals surface area contributed by atoms with Crippen LogP contribution in [0, 0.1) is 0 Å². The quantitative estimate of drug-likeness (QED) is 0.722. The molecule has 1 aromatic heterocycles. The van der Waals surface area contributed by atoms with E-state index >= 15 is 0 Å². The molecule has 1 fully saturated rings. The Morgan fingerprint density at radius 3 is 2.42 bits per heavy atom. The monoisotopic (exact) mass is 316 g/mol. The summed E-state index contributed by atoms with van der Waals surface area (Å²) in [4.78, 5) is 6.41. The molecule has 0 N–H and O–H groups in total. The zero-order chi connectivity index (χ0) is 15.9. The van der Waals surface area contributed by atoms with E-state index in [-0.39, 0.29) is 12.1 Å². The topological polar surface area (TPSA) is 17.4 Å². The average molecular weight is 316 g/mol. The summed E-state index contributed by atoms with van der Waals surface area (Å²) in [5.41, 5.74) is 4.01. The third-order valence-electron chi connectivity index (χ3n) is 5.23. The predicted octanol–water partition coefficient (Wildman–Crippen LogP) is 4.14. The Bertz CT molecular complexity index is 827. The normalized spacial score (nSPS) is 25.6. The lowest BCUT2D eigenvalue weighted by atomic mass is 9.83. The lowest BCUT2D eigenvalue weighted by Gasteiger charge is -2.31. The summed E-state index contributed by atoms with van der Waals surface area (Å²) in [6.45, 7) is 1.74. The van der Waals surface area contributed by atoms with Gasteiger partial charge in [0.15, 0.2) is 0 Å². The molecule has 2 aliphatic rings. The molecule has 0 aliphatic carbocycles. The zero-order valence-corrected chi connectivity index (χ0v) is 13.5. The van der Waals surface area contributed by atoms with Crippen molar-refractivity contribution < 1.29 is 4.84 Å². The number of fused-ring (bicyclic) bond motifs is 4. The molecule has 3 atom stereocenters. The van der Waals surface area contributed by atoms with Crippen molar-refractivity contribution in [3.05, 3.63) is 95.8 Å². The van der Waals surface area contributed by atoms with Crippen molar-refractivity contribution in [3.8, 4) is 0 Å². The van der Waals surface area contributed by atoms with Crippen LogP contribution in [0.1, 0.15) is 28.8 Å². The predicted molar refractivity (Wildman–Crippen MR) is 93.2 cm³/mol. The Hall–Kier alpha value is -2.36. The molecular weight excluding hydrogens is 296 g/mol. The number of nitrogens with zero attached hydrogens (tertiary/aromatic N) is 2. The Morgan fingerprint density at radius 2 is 1.62 bits per heavy atom. The van der Waals surface area contributed by atoms with Crippen molar-refractivity contribution in [2.24, 2.45) is 0 Å². The highest BCUT2D eigenvalue weighted by Crippen LogP contribution is 2.49. The second-order valence-electron chi connectivity index (χ2n) is 6.67. The minimum atomic E-state index is 0.195. The Labute approximate surface area is 142 Å². The summed E-state index contributed by atoms with van der Waals surface area (Å²) in [6, 6.07) is 26.0. The molecule has 2 aliphatic heterocycles. The van der Waals surface area contributed by atoms with Gasteiger partial charge in [0.1, 0.15) is 6.10 Å². The Morgan fingerprint density at radius 1 is 0.875 bits per heavy atom. The molecule has 120 valence electrons. The van der Waals surface area contributed by atoms with Crippen LogP contribution in [0.25, 0.3) is 0 Å². The third kappa shape index (κ3) is 2.20. The molecule has 0 radical (unpaired) electrons. The van der Waals surface area contributed by atoms with E-state index in [0.717, 1.165) is 13.1 Å². The lowest BCUT2D eigenvalue weighted by Crippen LogP contribution is -2.30. The van der Waals surface area contributed by atoms with Gasteiger partial charge in [-0.3, -0.25) is 4.84 Å². The first kappa shape index (κ1) is 14.0. The minimum absolute atomic E-state index is 0.195. The Balaban J connectivity index is 1.54. The van der Waals surface area contributed by atoms with Crippen LogP contribution in [-0.4, -0.2) is 15.7 Å². The van der Waals surface area contributed by atoms with Gasteiger partial charge in [-0.05, 0) is 23.3 Å². The van der Waals surface area contributed by atoms with Crippen molar-refractivity contribution >= 4 is 0 Å². The molecule has 2 aromatic carbocycles. The fraction of sp³-hybridized carbons (Fsp3) is 0.238. The average Bonchev–Trinajstić information content (AvgIpc) is 3.19. The molecule has 3 heteroatoms. The molecule has 3 heterocycles. The fourth-order valence-electron chi connectivity index (χ4n) is 4.19. The summed E-state index contributed by atoms with van der Waals surface area (Å²) < 4.78 is 2.35. The smallest absolute Gasteiger partial charge is 0.106 e. The second kappa shape index (κ2) is 5.62. The zero-order valence-electron chi connectivity index (χ0n) is 13.5. The summed E-state index contributed by atoms with van der Waals surface area (Å²) in [5.74, 6) is 0.386. The van der Waals surface area contributed by atoms with Crippen LogP contribution >= 0.6 is 0 Å². The van der Waals surface area contributed by atoms with Crippen molar-refractivity contribution in [2.45, 2.75) is 31.2 Å². The maximum atomic E-state index is 6.41. The minimum Gasteiger partial charge on any atom is -0.347 e. The first-order valence-corrected chi connectivity index (χ1v) is 8.57. The van der Waals surface area contributed by atoms with E-state index < -0.39 is 0 Å². The third-order valence-corrected chi connectivity index (χ3v) is 5.23. The molecule has 1 saturated heterocycles. The van der Waals surface area contributed by atoms with Crippen LogP contribution < -0.4 is 0 Å². The highest BCUT2D eigenvalue weighted by molar-refractivity contribution is 5.31. The standard InChI is InChI=1S/C21H20N2O/c1-3-8-16(9-4-1)14-23-21-18-12-7-13-22(18)15-19(24-23)20(21)17-10-5-2-6-11-17/h1-13,19-21H,14-15H2/t19-,20-,21-/m1/s1. The van der Waals surface area contributed by atoms with E-state index in [1.807, 2.05) is 0 Å². The molecule has 0 unspecified atom stereocenters. The number of hydrogen-bond acceptors (Lipinski definition) is 2. The van der Waals surface area contributed by atoms with E-state index in [4.69, 9.17) is 4.84 Å². The van der Waals surface area contributed by atoms with E-state index in [0.29, 0.717) is 5.92 Å². The molecule has 0 spiro atoms. The molecule has 0 saturated carbocycles. The van der Waals surface area contributed by atoms with Crippen LogP contribution in [0.15, 0.2) is 79.0 Å². The summed E-state index contributed by atoms with van der Waals surface area (Å²) in [7, 11) is 0. The summed E-state index contributed by atoms with van der Waals surface area (Å²) in [6.07, 6.45) is 2.37. The highest BCUT2D eigenvalue weighted by Gasteiger charge is 2.49. The van der Waals surface area contributed by atoms with Crippen LogP contribution in [0.4, 0.5) is 0 Å². The van der Waals surface area contributed by atoms with Gasteiger partial charge < -0.3 is 4.57 Å². The number of rotatable bonds is 3. The second-order valence-corrected chi connectivity index (χ2v) is 6.67. The van der Waals surface area contributed by atoms with Gasteiger partial charge in [-0.1, -0.05) is 60.7 Å². The van der Waals surface area contributed by atoms with Crippen molar-refractivity contribution in [3.63, 3.8) is 0 Å². The van der Waals surface area contributed by atoms with E-state index in [1.165, 1.54) is 16.8 Å². The molecule has 5 rings (SSSR count). The van der Waals surface area contributed by atoms with Crippen LogP contribution in [0.2, 0.25) is 0 Å². The van der Waals surface area contributed by atoms with E-state index in [2.05, 4.69) is 88.6 Å². The van der Waals surface area contributed by atoms with Crippen LogP contribution in [0.3, 0.4) is 0 Å². The molecule has 3 aromatic rings. The fourth-order valence-corrected chi connectivity index (χ4v) is 4.19. The van der Waals surface area contributed by atoms with Crippen molar-refractivity contribution in [1.29, 1.82) is 0 Å². The number of aromatic nitrogens is 1. The molecule has 3 nitrogen and oxygen atoms in total. The number of hydrogen-bond donors (Lipinski definition) is 0. The van der Waals surface area contributed by atoms with Gasteiger partial charge in [-0.15, -0.1) is 0 Å². The van der Waals surface area contributed by atoms with Crippen LogP contribution in [-0.2, 0) is 17.9 Å². The summed E-state index contributed by atoms with van der Waals surface area (Å²) in [5, 5.41) is 2.19. The van der Waals surface area contributed by atoms with Gasteiger partial charge in [-0.25, -0.2) is 0 Å². The highest BCUT2D eigenvalue weighted by atomic mass is 16.7. The maximum absolute atomic E-state index is 6.41. The van der Waals surface area contributed by atoms with Crippen LogP contribution in [0.5, 0.6) is 0 Å². The molecular formula is C21H20N2O. The molecule has 2 bridgehead atoms. The first-order valence-electron chi connectivity index (χ1n) is 8.57. The van der Waals surface area contributed by atoms with Gasteiger partial charge in [0.2, 0.25) is 0 Å². The summed E-state index contributed by atoms with van der Waals surface area (Å²) >= 11 is 0. The van der Waals surface area contributed by atoms with Gasteiger partial charge in [0.25, 0.3) is 0 Å². The van der Waals surface area contributed by atoms with Crippen molar-refractivity contribution in [1.82, 2.24) is 9.63 Å².